The molecule has 0 spiro atoms. The summed E-state index contributed by atoms with van der Waals surface area (Å²) in [5, 5.41) is 5.43. The van der Waals surface area contributed by atoms with Crippen LogP contribution in [0.15, 0.2) is 24.3 Å². The van der Waals surface area contributed by atoms with Gasteiger partial charge >= 0.3 is 6.09 Å². The summed E-state index contributed by atoms with van der Waals surface area (Å²) in [5.41, 5.74) is -0.652. The molecule has 0 atom stereocenters. The highest BCUT2D eigenvalue weighted by molar-refractivity contribution is 5.78. The SMILES string of the molecule is CC(C)(CNC(=O)Cc1cccc(F)c1)NC(=O)OC(C)(C)C. The van der Waals surface area contributed by atoms with E-state index in [-0.39, 0.29) is 24.7 Å². The quantitative estimate of drug-likeness (QED) is 0.875. The third-order valence-electron chi connectivity index (χ3n) is 2.82. The lowest BCUT2D eigenvalue weighted by Crippen LogP contribution is -2.52. The normalized spacial score (nSPS) is 11.7. The molecule has 0 unspecified atom stereocenters. The van der Waals surface area contributed by atoms with E-state index in [4.69, 9.17) is 4.74 Å². The van der Waals surface area contributed by atoms with Crippen molar-refractivity contribution in [1.82, 2.24) is 10.6 Å². The molecule has 128 valence electrons. The van der Waals surface area contributed by atoms with Gasteiger partial charge in [-0.15, -0.1) is 0 Å². The predicted octanol–water partition coefficient (Wildman–Crippen LogP) is 2.79. The standard InChI is InChI=1S/C17H25FN2O3/c1-16(2,3)23-15(22)20-17(4,5)11-19-14(21)10-12-7-6-8-13(18)9-12/h6-9H,10-11H2,1-5H3,(H,19,21)(H,20,22). The number of hydrogen-bond acceptors (Lipinski definition) is 3. The van der Waals surface area contributed by atoms with E-state index < -0.39 is 17.2 Å². The summed E-state index contributed by atoms with van der Waals surface area (Å²) in [7, 11) is 0. The highest BCUT2D eigenvalue weighted by Gasteiger charge is 2.25. The molecule has 1 aromatic carbocycles. The number of carbonyl (C=O) groups is 2. The van der Waals surface area contributed by atoms with E-state index in [0.717, 1.165) is 0 Å². The summed E-state index contributed by atoms with van der Waals surface area (Å²) in [6.07, 6.45) is -0.456. The van der Waals surface area contributed by atoms with Crippen molar-refractivity contribution in [3.63, 3.8) is 0 Å². The lowest BCUT2D eigenvalue weighted by Gasteiger charge is -2.28. The Labute approximate surface area is 136 Å². The van der Waals surface area contributed by atoms with Crippen LogP contribution in [0, 0.1) is 5.82 Å². The van der Waals surface area contributed by atoms with E-state index in [1.165, 1.54) is 12.1 Å². The average molecular weight is 324 g/mol. The van der Waals surface area contributed by atoms with E-state index in [0.29, 0.717) is 5.56 Å². The second-order valence-electron chi connectivity index (χ2n) is 7.09. The van der Waals surface area contributed by atoms with Gasteiger partial charge in [0.2, 0.25) is 5.91 Å². The Hall–Kier alpha value is -2.11. The van der Waals surface area contributed by atoms with E-state index >= 15 is 0 Å². The molecule has 1 aromatic rings. The maximum Gasteiger partial charge on any atom is 0.408 e. The maximum atomic E-state index is 13.1. The molecule has 23 heavy (non-hydrogen) atoms. The first kappa shape index (κ1) is 18.9. The van der Waals surface area contributed by atoms with Crippen LogP contribution in [-0.2, 0) is 16.0 Å². The Kier molecular flexibility index (Phi) is 6.12. The fourth-order valence-electron chi connectivity index (χ4n) is 1.84. The molecule has 0 saturated carbocycles. The zero-order valence-corrected chi connectivity index (χ0v) is 14.3. The van der Waals surface area contributed by atoms with Crippen molar-refractivity contribution < 1.29 is 18.7 Å². The largest absolute Gasteiger partial charge is 0.444 e. The van der Waals surface area contributed by atoms with Crippen LogP contribution in [-0.4, -0.2) is 29.7 Å². The number of halogens is 1. The monoisotopic (exact) mass is 324 g/mol. The molecule has 0 aliphatic rings. The first-order chi connectivity index (χ1) is 10.5. The minimum Gasteiger partial charge on any atom is -0.444 e. The number of benzene rings is 1. The van der Waals surface area contributed by atoms with Gasteiger partial charge in [0, 0.05) is 6.54 Å². The molecule has 0 fully saturated rings. The van der Waals surface area contributed by atoms with Gasteiger partial charge in [-0.1, -0.05) is 12.1 Å². The minimum absolute atomic E-state index is 0.0836. The Morgan fingerprint density at radius 1 is 1.17 bits per heavy atom. The lowest BCUT2D eigenvalue weighted by molar-refractivity contribution is -0.120. The number of alkyl carbamates (subject to hydrolysis) is 1. The summed E-state index contributed by atoms with van der Waals surface area (Å²) in [5.74, 6) is -0.614. The van der Waals surface area contributed by atoms with Crippen molar-refractivity contribution in [3.05, 3.63) is 35.6 Å². The van der Waals surface area contributed by atoms with Crippen molar-refractivity contribution in [2.75, 3.05) is 6.54 Å². The van der Waals surface area contributed by atoms with Gasteiger partial charge in [-0.2, -0.15) is 0 Å². The molecule has 1 rings (SSSR count). The molecule has 0 aliphatic heterocycles. The highest BCUT2D eigenvalue weighted by atomic mass is 19.1. The highest BCUT2D eigenvalue weighted by Crippen LogP contribution is 2.09. The third kappa shape index (κ3) is 8.18. The van der Waals surface area contributed by atoms with Gasteiger partial charge in [0.05, 0.1) is 12.0 Å². The van der Waals surface area contributed by atoms with Crippen LogP contribution < -0.4 is 10.6 Å². The summed E-state index contributed by atoms with van der Waals surface area (Å²) in [6.45, 7) is 9.13. The molecule has 5 nitrogen and oxygen atoms in total. The Bertz CT molecular complexity index is 565. The number of ether oxygens (including phenoxy) is 1. The van der Waals surface area contributed by atoms with Crippen molar-refractivity contribution in [1.29, 1.82) is 0 Å². The molecule has 0 bridgehead atoms. The Morgan fingerprint density at radius 2 is 1.83 bits per heavy atom. The number of amides is 2. The zero-order chi connectivity index (χ0) is 17.7. The van der Waals surface area contributed by atoms with E-state index in [1.54, 1.807) is 46.8 Å². The molecule has 2 amide bonds. The molecule has 0 heterocycles. The Morgan fingerprint density at radius 3 is 2.39 bits per heavy atom. The fraction of sp³-hybridized carbons (Fsp3) is 0.529. The molecule has 6 heteroatoms. The molecular weight excluding hydrogens is 299 g/mol. The molecule has 0 radical (unpaired) electrons. The van der Waals surface area contributed by atoms with E-state index in [1.807, 2.05) is 0 Å². The van der Waals surface area contributed by atoms with Crippen LogP contribution in [0.25, 0.3) is 0 Å². The summed E-state index contributed by atoms with van der Waals surface area (Å²) in [6, 6.07) is 5.90. The second kappa shape index (κ2) is 7.44. The third-order valence-corrected chi connectivity index (χ3v) is 2.82. The van der Waals surface area contributed by atoms with Crippen LogP contribution in [0.3, 0.4) is 0 Å². The van der Waals surface area contributed by atoms with E-state index in [9.17, 15) is 14.0 Å². The number of hydrogen-bond donors (Lipinski definition) is 2. The molecule has 0 aromatic heterocycles. The maximum absolute atomic E-state index is 13.1. The summed E-state index contributed by atoms with van der Waals surface area (Å²) in [4.78, 5) is 23.7. The van der Waals surface area contributed by atoms with Crippen LogP contribution in [0.1, 0.15) is 40.2 Å². The van der Waals surface area contributed by atoms with Crippen molar-refractivity contribution in [2.45, 2.75) is 52.2 Å². The summed E-state index contributed by atoms with van der Waals surface area (Å²) >= 11 is 0. The van der Waals surface area contributed by atoms with E-state index in [2.05, 4.69) is 10.6 Å². The summed E-state index contributed by atoms with van der Waals surface area (Å²) < 4.78 is 18.3. The van der Waals surface area contributed by atoms with Crippen LogP contribution >= 0.6 is 0 Å². The molecule has 0 saturated heterocycles. The van der Waals surface area contributed by atoms with Crippen molar-refractivity contribution >= 4 is 12.0 Å². The smallest absolute Gasteiger partial charge is 0.408 e. The molecule has 0 aliphatic carbocycles. The van der Waals surface area contributed by atoms with Gasteiger partial charge in [0.25, 0.3) is 0 Å². The van der Waals surface area contributed by atoms with Gasteiger partial charge < -0.3 is 15.4 Å². The van der Waals surface area contributed by atoms with Gasteiger partial charge in [-0.25, -0.2) is 9.18 Å². The predicted molar refractivity (Wildman–Crippen MR) is 86.6 cm³/mol. The van der Waals surface area contributed by atoms with Crippen LogP contribution in [0.5, 0.6) is 0 Å². The lowest BCUT2D eigenvalue weighted by atomic mass is 10.1. The molecular formula is C17H25FN2O3. The van der Waals surface area contributed by atoms with Gasteiger partial charge in [0.15, 0.2) is 0 Å². The number of rotatable bonds is 5. The first-order valence-corrected chi connectivity index (χ1v) is 7.49. The van der Waals surface area contributed by atoms with Gasteiger partial charge in [0.1, 0.15) is 11.4 Å². The van der Waals surface area contributed by atoms with Gasteiger partial charge in [-0.3, -0.25) is 4.79 Å². The zero-order valence-electron chi connectivity index (χ0n) is 14.3. The van der Waals surface area contributed by atoms with Gasteiger partial charge in [-0.05, 0) is 52.3 Å². The molecule has 2 N–H and O–H groups in total. The fourth-order valence-corrected chi connectivity index (χ4v) is 1.84. The topological polar surface area (TPSA) is 67.4 Å². The number of nitrogens with one attached hydrogen (secondary N) is 2. The minimum atomic E-state index is -0.667. The van der Waals surface area contributed by atoms with Crippen LogP contribution in [0.2, 0.25) is 0 Å². The average Bonchev–Trinajstić information content (AvgIpc) is 2.33. The second-order valence-corrected chi connectivity index (χ2v) is 7.09. The van der Waals surface area contributed by atoms with Crippen LogP contribution in [0.4, 0.5) is 9.18 Å². The van der Waals surface area contributed by atoms with Crippen molar-refractivity contribution in [3.8, 4) is 0 Å². The first-order valence-electron chi connectivity index (χ1n) is 7.49. The van der Waals surface area contributed by atoms with Crippen molar-refractivity contribution in [2.24, 2.45) is 0 Å². The number of carbonyl (C=O) groups excluding carboxylic acids is 2. The Balaban J connectivity index is 2.45.